The Labute approximate surface area is 170 Å². The Bertz CT molecular complexity index is 884. The zero-order chi connectivity index (χ0) is 19.8. The summed E-state index contributed by atoms with van der Waals surface area (Å²) in [7, 11) is 0. The van der Waals surface area contributed by atoms with E-state index < -0.39 is 0 Å². The van der Waals surface area contributed by atoms with Gasteiger partial charge >= 0.3 is 0 Å². The van der Waals surface area contributed by atoms with Crippen molar-refractivity contribution in [1.82, 2.24) is 20.0 Å². The highest BCUT2D eigenvalue weighted by molar-refractivity contribution is 5.92. The molecular weight excluding hydrogens is 368 g/mol. The summed E-state index contributed by atoms with van der Waals surface area (Å²) < 4.78 is 11.7. The Kier molecular flexibility index (Phi) is 4.86. The molecule has 1 spiro atoms. The van der Waals surface area contributed by atoms with E-state index >= 15 is 0 Å². The van der Waals surface area contributed by atoms with Gasteiger partial charge in [-0.1, -0.05) is 11.2 Å². The molecule has 7 heteroatoms. The number of hydrogen-bond donors (Lipinski definition) is 0. The van der Waals surface area contributed by atoms with Crippen LogP contribution < -0.4 is 0 Å². The van der Waals surface area contributed by atoms with Crippen LogP contribution in [0.15, 0.2) is 22.7 Å². The minimum atomic E-state index is -0.122. The van der Waals surface area contributed by atoms with Gasteiger partial charge in [0.2, 0.25) is 5.89 Å². The molecule has 1 aliphatic carbocycles. The Balaban J connectivity index is 1.19. The zero-order valence-electron chi connectivity index (χ0n) is 17.0. The van der Waals surface area contributed by atoms with Gasteiger partial charge in [-0.2, -0.15) is 4.98 Å². The van der Waals surface area contributed by atoms with Crippen LogP contribution in [0.1, 0.15) is 72.3 Å². The molecule has 1 unspecified atom stereocenters. The minimum absolute atomic E-state index is 0.0234. The van der Waals surface area contributed by atoms with Gasteiger partial charge in [0.05, 0.1) is 5.60 Å². The van der Waals surface area contributed by atoms with Crippen LogP contribution in [-0.2, 0) is 11.2 Å². The first-order valence-electron chi connectivity index (χ1n) is 10.8. The van der Waals surface area contributed by atoms with Gasteiger partial charge in [-0.25, -0.2) is 4.98 Å². The summed E-state index contributed by atoms with van der Waals surface area (Å²) in [5, 5.41) is 4.19. The van der Waals surface area contributed by atoms with Gasteiger partial charge in [0.1, 0.15) is 5.69 Å². The summed E-state index contributed by atoms with van der Waals surface area (Å²) >= 11 is 0. The summed E-state index contributed by atoms with van der Waals surface area (Å²) in [5.41, 5.74) is 1.28. The standard InChI is InChI=1S/C22H28N4O3/c1-15-3-2-4-18(23-15)21(27)26-10-8-22(9-11-26)14-16(7-12-28-22)13-19-24-20(29-25-19)17-5-6-17/h2-4,16-17H,5-14H2,1H3. The van der Waals surface area contributed by atoms with Crippen LogP contribution in [-0.4, -0.2) is 51.2 Å². The molecule has 7 nitrogen and oxygen atoms in total. The number of likely N-dealkylation sites (tertiary alicyclic amines) is 1. The molecule has 1 atom stereocenters. The number of hydrogen-bond acceptors (Lipinski definition) is 6. The number of piperidine rings is 1. The Hall–Kier alpha value is -2.28. The first-order valence-corrected chi connectivity index (χ1v) is 10.8. The average molecular weight is 396 g/mol. The number of amides is 1. The first kappa shape index (κ1) is 18.7. The highest BCUT2D eigenvalue weighted by Crippen LogP contribution is 2.40. The van der Waals surface area contributed by atoms with Crippen molar-refractivity contribution in [2.45, 2.75) is 63.4 Å². The molecule has 3 fully saturated rings. The Morgan fingerprint density at radius 1 is 1.21 bits per heavy atom. The van der Waals surface area contributed by atoms with Crippen LogP contribution in [0.5, 0.6) is 0 Å². The van der Waals surface area contributed by atoms with Gasteiger partial charge in [-0.3, -0.25) is 4.79 Å². The quantitative estimate of drug-likeness (QED) is 0.789. The van der Waals surface area contributed by atoms with Gasteiger partial charge in [0, 0.05) is 37.7 Å². The lowest BCUT2D eigenvalue weighted by Gasteiger charge is -2.46. The second-order valence-corrected chi connectivity index (χ2v) is 8.87. The third-order valence-corrected chi connectivity index (χ3v) is 6.55. The lowest BCUT2D eigenvalue weighted by Crippen LogP contribution is -2.51. The Morgan fingerprint density at radius 3 is 2.79 bits per heavy atom. The third kappa shape index (κ3) is 4.06. The molecule has 0 bridgehead atoms. The van der Waals surface area contributed by atoms with E-state index in [0.29, 0.717) is 17.5 Å². The lowest BCUT2D eigenvalue weighted by atomic mass is 9.78. The highest BCUT2D eigenvalue weighted by Gasteiger charge is 2.41. The normalized spacial score (nSPS) is 24.0. The summed E-state index contributed by atoms with van der Waals surface area (Å²) in [6.07, 6.45) is 7.00. The maximum atomic E-state index is 12.8. The van der Waals surface area contributed by atoms with Gasteiger partial charge < -0.3 is 14.2 Å². The van der Waals surface area contributed by atoms with Crippen molar-refractivity contribution in [3.63, 3.8) is 0 Å². The SMILES string of the molecule is Cc1cccc(C(=O)N2CCC3(CC2)CC(Cc2noc(C4CC4)n2)CCO3)n1. The molecule has 5 rings (SSSR count). The topological polar surface area (TPSA) is 81.4 Å². The average Bonchev–Trinajstić information content (AvgIpc) is 3.48. The van der Waals surface area contributed by atoms with E-state index in [2.05, 4.69) is 15.1 Å². The van der Waals surface area contributed by atoms with E-state index in [-0.39, 0.29) is 11.5 Å². The summed E-state index contributed by atoms with van der Waals surface area (Å²) in [6, 6.07) is 5.60. The predicted octanol–water partition coefficient (Wildman–Crippen LogP) is 3.29. The molecule has 154 valence electrons. The van der Waals surface area contributed by atoms with Gasteiger partial charge in [0.15, 0.2) is 5.82 Å². The molecule has 1 saturated carbocycles. The number of ether oxygens (including phenoxy) is 1. The maximum absolute atomic E-state index is 12.8. The second kappa shape index (κ2) is 7.52. The van der Waals surface area contributed by atoms with E-state index in [9.17, 15) is 4.79 Å². The highest BCUT2D eigenvalue weighted by atomic mass is 16.5. The van der Waals surface area contributed by atoms with Crippen LogP contribution in [0.4, 0.5) is 0 Å². The van der Waals surface area contributed by atoms with Crippen molar-refractivity contribution in [3.05, 3.63) is 41.3 Å². The van der Waals surface area contributed by atoms with E-state index in [4.69, 9.17) is 9.26 Å². The van der Waals surface area contributed by atoms with Crippen molar-refractivity contribution >= 4 is 5.91 Å². The molecule has 2 saturated heterocycles. The largest absolute Gasteiger partial charge is 0.375 e. The molecule has 29 heavy (non-hydrogen) atoms. The fourth-order valence-corrected chi connectivity index (χ4v) is 4.70. The molecule has 2 aromatic heterocycles. The summed E-state index contributed by atoms with van der Waals surface area (Å²) in [5.74, 6) is 2.69. The van der Waals surface area contributed by atoms with E-state index in [1.165, 1.54) is 12.8 Å². The molecular formula is C22H28N4O3. The Morgan fingerprint density at radius 2 is 2.03 bits per heavy atom. The van der Waals surface area contributed by atoms with Gasteiger partial charge in [-0.15, -0.1) is 0 Å². The van der Waals surface area contributed by atoms with Crippen molar-refractivity contribution in [2.75, 3.05) is 19.7 Å². The van der Waals surface area contributed by atoms with Crippen LogP contribution in [0, 0.1) is 12.8 Å². The zero-order valence-corrected chi connectivity index (χ0v) is 17.0. The smallest absolute Gasteiger partial charge is 0.272 e. The molecule has 4 heterocycles. The number of carbonyl (C=O) groups is 1. The summed E-state index contributed by atoms with van der Waals surface area (Å²) in [6.45, 7) is 4.12. The van der Waals surface area contributed by atoms with Crippen molar-refractivity contribution in [3.8, 4) is 0 Å². The minimum Gasteiger partial charge on any atom is -0.375 e. The van der Waals surface area contributed by atoms with E-state index in [1.54, 1.807) is 6.07 Å². The summed E-state index contributed by atoms with van der Waals surface area (Å²) in [4.78, 5) is 23.7. The van der Waals surface area contributed by atoms with Crippen LogP contribution in [0.25, 0.3) is 0 Å². The van der Waals surface area contributed by atoms with Crippen LogP contribution in [0.3, 0.4) is 0 Å². The van der Waals surface area contributed by atoms with E-state index in [0.717, 1.165) is 69.2 Å². The van der Waals surface area contributed by atoms with Crippen molar-refractivity contribution in [1.29, 1.82) is 0 Å². The number of pyridine rings is 1. The molecule has 0 N–H and O–H groups in total. The molecule has 2 aromatic rings. The fraction of sp³-hybridized carbons (Fsp3) is 0.636. The van der Waals surface area contributed by atoms with E-state index in [1.807, 2.05) is 24.0 Å². The molecule has 2 aliphatic heterocycles. The van der Waals surface area contributed by atoms with Gasteiger partial charge in [-0.05, 0) is 63.5 Å². The number of nitrogens with zero attached hydrogens (tertiary/aromatic N) is 4. The van der Waals surface area contributed by atoms with Crippen molar-refractivity contribution in [2.24, 2.45) is 5.92 Å². The number of carbonyl (C=O) groups excluding carboxylic acids is 1. The third-order valence-electron chi connectivity index (χ3n) is 6.55. The van der Waals surface area contributed by atoms with Crippen LogP contribution in [0.2, 0.25) is 0 Å². The second-order valence-electron chi connectivity index (χ2n) is 8.87. The lowest BCUT2D eigenvalue weighted by molar-refractivity contribution is -0.123. The van der Waals surface area contributed by atoms with Crippen molar-refractivity contribution < 1.29 is 14.1 Å². The number of rotatable bonds is 4. The molecule has 3 aliphatic rings. The molecule has 0 radical (unpaired) electrons. The number of aryl methyl sites for hydroxylation is 1. The fourth-order valence-electron chi connectivity index (χ4n) is 4.70. The van der Waals surface area contributed by atoms with Gasteiger partial charge in [0.25, 0.3) is 5.91 Å². The monoisotopic (exact) mass is 396 g/mol. The molecule has 0 aromatic carbocycles. The first-order chi connectivity index (χ1) is 14.1. The predicted molar refractivity (Wildman–Crippen MR) is 105 cm³/mol. The maximum Gasteiger partial charge on any atom is 0.272 e. The van der Waals surface area contributed by atoms with Crippen LogP contribution >= 0.6 is 0 Å². The number of aromatic nitrogens is 3. The molecule has 1 amide bonds.